The molecule has 6 heteroatoms. The molecule has 1 aromatic rings. The maximum absolute atomic E-state index is 11.5. The molecule has 0 unspecified atom stereocenters. The van der Waals surface area contributed by atoms with Gasteiger partial charge in [0.2, 0.25) is 5.95 Å². The van der Waals surface area contributed by atoms with E-state index in [0.717, 1.165) is 0 Å². The molecule has 2 N–H and O–H groups in total. The summed E-state index contributed by atoms with van der Waals surface area (Å²) in [5, 5.41) is 0. The highest BCUT2D eigenvalue weighted by molar-refractivity contribution is 5.75. The Morgan fingerprint density at radius 1 is 1.59 bits per heavy atom. The summed E-state index contributed by atoms with van der Waals surface area (Å²) in [6.07, 6.45) is 1.57. The van der Waals surface area contributed by atoms with Gasteiger partial charge in [-0.1, -0.05) is 0 Å². The lowest BCUT2D eigenvalue weighted by molar-refractivity contribution is -0.141. The van der Waals surface area contributed by atoms with E-state index in [9.17, 15) is 4.79 Å². The molecule has 0 aliphatic carbocycles. The quantitative estimate of drug-likeness (QED) is 0.765. The fourth-order valence-electron chi connectivity index (χ4n) is 1.40. The molecule has 0 spiro atoms. The average molecular weight is 238 g/mol. The van der Waals surface area contributed by atoms with Crippen molar-refractivity contribution in [3.8, 4) is 0 Å². The Morgan fingerprint density at radius 2 is 2.29 bits per heavy atom. The van der Waals surface area contributed by atoms with Crippen molar-refractivity contribution < 1.29 is 9.53 Å². The Labute approximate surface area is 101 Å². The molecule has 1 heterocycles. The molecule has 0 aliphatic heterocycles. The molecule has 0 aliphatic rings. The number of hydrogen-bond acceptors (Lipinski definition) is 6. The van der Waals surface area contributed by atoms with Gasteiger partial charge in [-0.25, -0.2) is 4.98 Å². The molecule has 1 aromatic heterocycles. The van der Waals surface area contributed by atoms with E-state index in [1.807, 2.05) is 18.7 Å². The van der Waals surface area contributed by atoms with Crippen molar-refractivity contribution in [2.75, 3.05) is 23.8 Å². The van der Waals surface area contributed by atoms with Gasteiger partial charge in [0.1, 0.15) is 12.4 Å². The van der Waals surface area contributed by atoms with Crippen LogP contribution in [0.2, 0.25) is 0 Å². The summed E-state index contributed by atoms with van der Waals surface area (Å²) in [4.78, 5) is 21.2. The summed E-state index contributed by atoms with van der Waals surface area (Å²) in [6.45, 7) is 6.24. The summed E-state index contributed by atoms with van der Waals surface area (Å²) in [5.41, 5.74) is 5.52. The van der Waals surface area contributed by atoms with Crippen LogP contribution in [0.5, 0.6) is 0 Å². The van der Waals surface area contributed by atoms with Crippen LogP contribution >= 0.6 is 0 Å². The van der Waals surface area contributed by atoms with E-state index >= 15 is 0 Å². The third-order valence-corrected chi connectivity index (χ3v) is 2.18. The van der Waals surface area contributed by atoms with Crippen molar-refractivity contribution in [2.45, 2.75) is 26.8 Å². The van der Waals surface area contributed by atoms with Crippen molar-refractivity contribution in [2.24, 2.45) is 0 Å². The third kappa shape index (κ3) is 3.90. The van der Waals surface area contributed by atoms with E-state index < -0.39 is 0 Å². The van der Waals surface area contributed by atoms with E-state index in [0.29, 0.717) is 12.4 Å². The first-order chi connectivity index (χ1) is 8.04. The van der Waals surface area contributed by atoms with E-state index in [2.05, 4.69) is 9.97 Å². The molecule has 1 rings (SSSR count). The second-order valence-corrected chi connectivity index (χ2v) is 3.80. The first-order valence-corrected chi connectivity index (χ1v) is 5.55. The Kier molecular flexibility index (Phi) is 4.68. The zero-order valence-electron chi connectivity index (χ0n) is 10.4. The van der Waals surface area contributed by atoms with E-state index in [-0.39, 0.29) is 24.5 Å². The zero-order valence-corrected chi connectivity index (χ0v) is 10.4. The molecule has 0 aromatic carbocycles. The lowest BCUT2D eigenvalue weighted by Gasteiger charge is -2.26. The van der Waals surface area contributed by atoms with Gasteiger partial charge in [0.25, 0.3) is 0 Å². The highest BCUT2D eigenvalue weighted by atomic mass is 16.5. The summed E-state index contributed by atoms with van der Waals surface area (Å²) in [5.74, 6) is 0.538. The number of aromatic nitrogens is 2. The Morgan fingerprint density at radius 3 is 2.82 bits per heavy atom. The lowest BCUT2D eigenvalue weighted by Crippen LogP contribution is -2.37. The maximum Gasteiger partial charge on any atom is 0.325 e. The molecule has 0 saturated carbocycles. The van der Waals surface area contributed by atoms with Crippen LogP contribution < -0.4 is 10.6 Å². The number of rotatable bonds is 5. The topological polar surface area (TPSA) is 81.3 Å². The minimum absolute atomic E-state index is 0.119. The molecular weight excluding hydrogens is 220 g/mol. The number of nitrogen functional groups attached to an aromatic ring is 1. The number of nitrogens with two attached hydrogens (primary N) is 1. The van der Waals surface area contributed by atoms with Crippen LogP contribution in [0.4, 0.5) is 11.8 Å². The summed E-state index contributed by atoms with van der Waals surface area (Å²) >= 11 is 0. The fourth-order valence-corrected chi connectivity index (χ4v) is 1.40. The third-order valence-electron chi connectivity index (χ3n) is 2.18. The lowest BCUT2D eigenvalue weighted by atomic mass is 10.3. The second kappa shape index (κ2) is 6.03. The van der Waals surface area contributed by atoms with Crippen LogP contribution in [0.25, 0.3) is 0 Å². The number of hydrogen-bond donors (Lipinski definition) is 1. The van der Waals surface area contributed by atoms with Crippen LogP contribution in [0.1, 0.15) is 20.8 Å². The number of esters is 1. The minimum Gasteiger partial charge on any atom is -0.465 e. The summed E-state index contributed by atoms with van der Waals surface area (Å²) in [6, 6.07) is 1.84. The van der Waals surface area contributed by atoms with Gasteiger partial charge in [-0.15, -0.1) is 0 Å². The van der Waals surface area contributed by atoms with Gasteiger partial charge in [0.05, 0.1) is 6.61 Å². The number of anilines is 2. The number of nitrogens with zero attached hydrogens (tertiary/aromatic N) is 3. The van der Waals surface area contributed by atoms with Crippen molar-refractivity contribution >= 4 is 17.7 Å². The highest BCUT2D eigenvalue weighted by Gasteiger charge is 2.16. The minimum atomic E-state index is -0.279. The SMILES string of the molecule is CCOC(=O)CN(c1ccnc(N)n1)C(C)C. The van der Waals surface area contributed by atoms with Crippen molar-refractivity contribution in [1.29, 1.82) is 0 Å². The predicted octanol–water partition coefficient (Wildman–Crippen LogP) is 0.837. The van der Waals surface area contributed by atoms with Gasteiger partial charge >= 0.3 is 5.97 Å². The standard InChI is InChI=1S/C11H18N4O2/c1-4-17-10(16)7-15(8(2)3)9-5-6-13-11(12)14-9/h5-6,8H,4,7H2,1-3H3,(H2,12,13,14). The Bertz CT molecular complexity index is 381. The van der Waals surface area contributed by atoms with E-state index in [1.165, 1.54) is 0 Å². The van der Waals surface area contributed by atoms with Gasteiger partial charge in [-0.2, -0.15) is 4.98 Å². The van der Waals surface area contributed by atoms with Crippen LogP contribution in [-0.2, 0) is 9.53 Å². The number of carbonyl (C=O) groups is 1. The van der Waals surface area contributed by atoms with Gasteiger partial charge in [0, 0.05) is 12.2 Å². The molecule has 0 bridgehead atoms. The van der Waals surface area contributed by atoms with Gasteiger partial charge < -0.3 is 15.4 Å². The monoisotopic (exact) mass is 238 g/mol. The molecule has 0 amide bonds. The van der Waals surface area contributed by atoms with E-state index in [4.69, 9.17) is 10.5 Å². The largest absolute Gasteiger partial charge is 0.465 e. The molecule has 0 saturated heterocycles. The average Bonchev–Trinajstić information content (AvgIpc) is 2.26. The molecule has 0 atom stereocenters. The van der Waals surface area contributed by atoms with Crippen LogP contribution in [0, 0.1) is 0 Å². The van der Waals surface area contributed by atoms with E-state index in [1.54, 1.807) is 19.2 Å². The van der Waals surface area contributed by atoms with Crippen LogP contribution in [0.3, 0.4) is 0 Å². The van der Waals surface area contributed by atoms with Gasteiger partial charge in [0.15, 0.2) is 0 Å². The van der Waals surface area contributed by atoms with Crippen molar-refractivity contribution in [3.05, 3.63) is 12.3 Å². The summed E-state index contributed by atoms with van der Waals surface area (Å²) in [7, 11) is 0. The second-order valence-electron chi connectivity index (χ2n) is 3.80. The smallest absolute Gasteiger partial charge is 0.325 e. The highest BCUT2D eigenvalue weighted by Crippen LogP contribution is 2.14. The molecule has 94 valence electrons. The Hall–Kier alpha value is -1.85. The normalized spacial score (nSPS) is 10.4. The number of carbonyl (C=O) groups excluding carboxylic acids is 1. The first kappa shape index (κ1) is 13.2. The summed E-state index contributed by atoms with van der Waals surface area (Å²) < 4.78 is 4.92. The predicted molar refractivity (Wildman–Crippen MR) is 65.6 cm³/mol. The Balaban J connectivity index is 2.82. The van der Waals surface area contributed by atoms with Crippen LogP contribution in [-0.4, -0.2) is 35.1 Å². The molecule has 6 nitrogen and oxygen atoms in total. The number of ether oxygens (including phenoxy) is 1. The van der Waals surface area contributed by atoms with Crippen molar-refractivity contribution in [3.63, 3.8) is 0 Å². The molecule has 17 heavy (non-hydrogen) atoms. The van der Waals surface area contributed by atoms with Crippen LogP contribution in [0.15, 0.2) is 12.3 Å². The molecular formula is C11H18N4O2. The maximum atomic E-state index is 11.5. The fraction of sp³-hybridized carbons (Fsp3) is 0.545. The first-order valence-electron chi connectivity index (χ1n) is 5.55. The van der Waals surface area contributed by atoms with Crippen molar-refractivity contribution in [1.82, 2.24) is 9.97 Å². The van der Waals surface area contributed by atoms with Gasteiger partial charge in [-0.3, -0.25) is 4.79 Å². The van der Waals surface area contributed by atoms with Gasteiger partial charge in [-0.05, 0) is 26.8 Å². The molecule has 0 fully saturated rings. The molecule has 0 radical (unpaired) electrons. The zero-order chi connectivity index (χ0) is 12.8.